The number of rotatable bonds is 1. The van der Waals surface area contributed by atoms with Crippen LogP contribution in [0, 0.1) is 9.39 Å². The molecule has 1 atom stereocenters. The van der Waals surface area contributed by atoms with Gasteiger partial charge in [-0.25, -0.2) is 18.2 Å². The third-order valence-electron chi connectivity index (χ3n) is 2.75. The van der Waals surface area contributed by atoms with Gasteiger partial charge in [0.1, 0.15) is 11.9 Å². The van der Waals surface area contributed by atoms with E-state index in [1.165, 1.54) is 17.0 Å². The molecule has 2 aromatic rings. The number of benzene rings is 1. The van der Waals surface area contributed by atoms with Gasteiger partial charge in [0, 0.05) is 12.5 Å². The number of aromatic nitrogens is 2. The average molecular weight is 338 g/mol. The smallest absolute Gasteiger partial charge is 0.270 e. The van der Waals surface area contributed by atoms with Crippen LogP contribution in [0.15, 0.2) is 18.5 Å². The molecule has 0 aliphatic heterocycles. The quantitative estimate of drug-likeness (QED) is 0.729. The first-order chi connectivity index (χ1) is 7.49. The van der Waals surface area contributed by atoms with E-state index in [1.54, 1.807) is 6.07 Å². The Morgan fingerprint density at radius 1 is 1.44 bits per heavy atom. The second kappa shape index (κ2) is 3.12. The molecule has 16 heavy (non-hydrogen) atoms. The fraction of sp³-hybridized carbons (Fsp3) is 0.300. The monoisotopic (exact) mass is 338 g/mol. The summed E-state index contributed by atoms with van der Waals surface area (Å²) >= 11 is 1.85. The van der Waals surface area contributed by atoms with Crippen LogP contribution in [-0.2, 0) is 0 Å². The Kier molecular flexibility index (Phi) is 2.02. The molecule has 0 amide bonds. The predicted molar refractivity (Wildman–Crippen MR) is 61.0 cm³/mol. The van der Waals surface area contributed by atoms with Gasteiger partial charge in [-0.2, -0.15) is 0 Å². The summed E-state index contributed by atoms with van der Waals surface area (Å²) in [5.41, 5.74) is 0.980. The molecule has 1 heterocycles. The standard InChI is InChI=1S/C10H6F3IN2/c11-5-1-8-7(2-6(5)14)15-4-16(8)9-3-10(9,12)13/h1-2,4,9H,3H2/t9-/m1/s1. The minimum absolute atomic E-state index is 0.188. The van der Waals surface area contributed by atoms with E-state index in [-0.39, 0.29) is 6.42 Å². The van der Waals surface area contributed by atoms with Crippen molar-refractivity contribution in [3.05, 3.63) is 27.8 Å². The highest BCUT2D eigenvalue weighted by Crippen LogP contribution is 2.53. The van der Waals surface area contributed by atoms with Crippen molar-refractivity contribution in [2.45, 2.75) is 18.4 Å². The van der Waals surface area contributed by atoms with Gasteiger partial charge in [0.15, 0.2) is 0 Å². The molecule has 0 unspecified atom stereocenters. The normalized spacial score (nSPS) is 22.6. The van der Waals surface area contributed by atoms with Gasteiger partial charge in [-0.05, 0) is 28.7 Å². The van der Waals surface area contributed by atoms with Crippen LogP contribution < -0.4 is 0 Å². The Bertz CT molecular complexity index is 579. The third-order valence-corrected chi connectivity index (χ3v) is 3.57. The Balaban J connectivity index is 2.17. The van der Waals surface area contributed by atoms with E-state index < -0.39 is 17.8 Å². The first-order valence-electron chi connectivity index (χ1n) is 4.68. The second-order valence-electron chi connectivity index (χ2n) is 3.89. The lowest BCUT2D eigenvalue weighted by Crippen LogP contribution is -2.01. The highest BCUT2D eigenvalue weighted by atomic mass is 127. The van der Waals surface area contributed by atoms with Crippen LogP contribution in [0.4, 0.5) is 13.2 Å². The SMILES string of the molecule is Fc1cc2c(cc1I)ncn2[C@@H]1CC1(F)F. The van der Waals surface area contributed by atoms with Crippen molar-refractivity contribution in [1.82, 2.24) is 9.55 Å². The summed E-state index contributed by atoms with van der Waals surface area (Å²) < 4.78 is 41.0. The number of nitrogens with zero attached hydrogens (tertiary/aromatic N) is 2. The molecule has 0 radical (unpaired) electrons. The van der Waals surface area contributed by atoms with Crippen molar-refractivity contribution in [3.8, 4) is 0 Å². The van der Waals surface area contributed by atoms with Gasteiger partial charge < -0.3 is 4.57 Å². The van der Waals surface area contributed by atoms with Crippen LogP contribution in [0.25, 0.3) is 11.0 Å². The number of hydrogen-bond acceptors (Lipinski definition) is 1. The van der Waals surface area contributed by atoms with Gasteiger partial charge >= 0.3 is 0 Å². The number of hydrogen-bond donors (Lipinski definition) is 0. The largest absolute Gasteiger partial charge is 0.321 e. The summed E-state index contributed by atoms with van der Waals surface area (Å²) in [6, 6.07) is 1.96. The molecule has 1 aliphatic rings. The van der Waals surface area contributed by atoms with Crippen molar-refractivity contribution in [1.29, 1.82) is 0 Å². The lowest BCUT2D eigenvalue weighted by molar-refractivity contribution is 0.101. The Morgan fingerprint density at radius 2 is 2.12 bits per heavy atom. The van der Waals surface area contributed by atoms with Gasteiger partial charge in [-0.15, -0.1) is 0 Å². The molecule has 1 saturated carbocycles. The molecule has 0 spiro atoms. The molecular weight excluding hydrogens is 332 g/mol. The molecule has 3 rings (SSSR count). The average Bonchev–Trinajstić information content (AvgIpc) is 2.66. The Morgan fingerprint density at radius 3 is 2.75 bits per heavy atom. The van der Waals surface area contributed by atoms with Gasteiger partial charge in [0.05, 0.1) is 20.9 Å². The molecule has 2 nitrogen and oxygen atoms in total. The lowest BCUT2D eigenvalue weighted by Gasteiger charge is -2.02. The molecular formula is C10H6F3IN2. The molecule has 1 aromatic carbocycles. The molecule has 6 heteroatoms. The number of halogens is 4. The van der Waals surface area contributed by atoms with Crippen LogP contribution in [0.1, 0.15) is 12.5 Å². The summed E-state index contributed by atoms with van der Waals surface area (Å²) in [7, 11) is 0. The van der Waals surface area contributed by atoms with E-state index >= 15 is 0 Å². The lowest BCUT2D eigenvalue weighted by atomic mass is 10.3. The van der Waals surface area contributed by atoms with E-state index in [0.717, 1.165) is 0 Å². The third kappa shape index (κ3) is 1.42. The highest BCUT2D eigenvalue weighted by molar-refractivity contribution is 14.1. The highest BCUT2D eigenvalue weighted by Gasteiger charge is 2.58. The van der Waals surface area contributed by atoms with Crippen LogP contribution in [0.3, 0.4) is 0 Å². The summed E-state index contributed by atoms with van der Waals surface area (Å²) in [5.74, 6) is -3.08. The summed E-state index contributed by atoms with van der Waals surface area (Å²) in [6.07, 6.45) is 1.16. The maximum absolute atomic E-state index is 13.3. The van der Waals surface area contributed by atoms with Gasteiger partial charge in [-0.3, -0.25) is 0 Å². The maximum Gasteiger partial charge on any atom is 0.270 e. The van der Waals surface area contributed by atoms with E-state index in [9.17, 15) is 13.2 Å². The van der Waals surface area contributed by atoms with Crippen molar-refractivity contribution in [2.24, 2.45) is 0 Å². The number of alkyl halides is 2. The van der Waals surface area contributed by atoms with Crippen molar-refractivity contribution >= 4 is 33.6 Å². The fourth-order valence-electron chi connectivity index (χ4n) is 1.77. The number of fused-ring (bicyclic) bond motifs is 1. The Labute approximate surface area is 103 Å². The maximum atomic E-state index is 13.3. The Hall–Kier alpha value is -0.790. The topological polar surface area (TPSA) is 17.8 Å². The zero-order valence-corrected chi connectivity index (χ0v) is 10.1. The first-order valence-corrected chi connectivity index (χ1v) is 5.76. The van der Waals surface area contributed by atoms with Gasteiger partial charge in [0.25, 0.3) is 5.92 Å². The molecule has 1 aliphatic carbocycles. The predicted octanol–water partition coefficient (Wildman–Crippen LogP) is 3.36. The molecule has 1 fully saturated rings. The summed E-state index contributed by atoms with van der Waals surface area (Å²) in [4.78, 5) is 4.01. The zero-order chi connectivity index (χ0) is 11.5. The number of imidazole rings is 1. The summed E-state index contributed by atoms with van der Waals surface area (Å²) in [6.45, 7) is 0. The van der Waals surface area contributed by atoms with Crippen LogP contribution in [-0.4, -0.2) is 15.5 Å². The van der Waals surface area contributed by atoms with Crippen molar-refractivity contribution in [2.75, 3.05) is 0 Å². The molecule has 0 N–H and O–H groups in total. The van der Waals surface area contributed by atoms with Crippen LogP contribution in [0.5, 0.6) is 0 Å². The molecule has 1 aromatic heterocycles. The minimum Gasteiger partial charge on any atom is -0.321 e. The van der Waals surface area contributed by atoms with E-state index in [1.807, 2.05) is 22.6 Å². The van der Waals surface area contributed by atoms with Gasteiger partial charge in [-0.1, -0.05) is 0 Å². The van der Waals surface area contributed by atoms with E-state index in [4.69, 9.17) is 0 Å². The summed E-state index contributed by atoms with van der Waals surface area (Å²) in [5, 5.41) is 0. The fourth-order valence-corrected chi connectivity index (χ4v) is 2.22. The van der Waals surface area contributed by atoms with Crippen molar-refractivity contribution < 1.29 is 13.2 Å². The first kappa shape index (κ1) is 10.4. The molecule has 0 saturated heterocycles. The van der Waals surface area contributed by atoms with Gasteiger partial charge in [0.2, 0.25) is 0 Å². The molecule has 0 bridgehead atoms. The van der Waals surface area contributed by atoms with Crippen molar-refractivity contribution in [3.63, 3.8) is 0 Å². The zero-order valence-electron chi connectivity index (χ0n) is 7.92. The minimum atomic E-state index is -2.67. The van der Waals surface area contributed by atoms with Crippen LogP contribution in [0.2, 0.25) is 0 Å². The van der Waals surface area contributed by atoms with Crippen LogP contribution >= 0.6 is 22.6 Å². The second-order valence-corrected chi connectivity index (χ2v) is 5.05. The molecule has 84 valence electrons. The van der Waals surface area contributed by atoms with E-state index in [0.29, 0.717) is 14.6 Å². The van der Waals surface area contributed by atoms with E-state index in [2.05, 4.69) is 4.98 Å².